The maximum atomic E-state index is 13.2. The molecule has 0 aromatic heterocycles. The smallest absolute Gasteiger partial charge is 0.339 e. The van der Waals surface area contributed by atoms with Crippen LogP contribution in [0.15, 0.2) is 103 Å². The molecular formula is C30H26O4. The van der Waals surface area contributed by atoms with Gasteiger partial charge in [0.2, 0.25) is 5.78 Å². The van der Waals surface area contributed by atoms with E-state index in [0.717, 1.165) is 22.4 Å². The van der Waals surface area contributed by atoms with Crippen molar-refractivity contribution in [2.75, 3.05) is 0 Å². The van der Waals surface area contributed by atoms with Crippen LogP contribution in [0, 0.1) is 13.8 Å². The van der Waals surface area contributed by atoms with Gasteiger partial charge in [-0.15, -0.1) is 0 Å². The summed E-state index contributed by atoms with van der Waals surface area (Å²) in [7, 11) is 0. The highest BCUT2D eigenvalue weighted by Crippen LogP contribution is 2.24. The lowest BCUT2D eigenvalue weighted by Gasteiger charge is -2.18. The van der Waals surface area contributed by atoms with Crippen molar-refractivity contribution < 1.29 is 19.1 Å². The van der Waals surface area contributed by atoms with Gasteiger partial charge < -0.3 is 9.47 Å². The van der Waals surface area contributed by atoms with E-state index in [9.17, 15) is 9.59 Å². The number of Topliss-reactive ketones (excluding diaryl/α,β-unsaturated/α-hetero) is 1. The number of hydrogen-bond donors (Lipinski definition) is 0. The topological polar surface area (TPSA) is 52.6 Å². The molecule has 0 fully saturated rings. The fourth-order valence-corrected chi connectivity index (χ4v) is 3.55. The van der Waals surface area contributed by atoms with Crippen LogP contribution in [0.3, 0.4) is 0 Å². The molecule has 0 spiro atoms. The Balaban J connectivity index is 1.47. The highest BCUT2D eigenvalue weighted by Gasteiger charge is 2.26. The number of carbonyl (C=O) groups is 2. The van der Waals surface area contributed by atoms with Gasteiger partial charge in [0.15, 0.2) is 6.10 Å². The zero-order chi connectivity index (χ0) is 23.9. The first-order chi connectivity index (χ1) is 16.5. The molecule has 0 radical (unpaired) electrons. The van der Waals surface area contributed by atoms with E-state index in [2.05, 4.69) is 0 Å². The van der Waals surface area contributed by atoms with Crippen LogP contribution in [0.4, 0.5) is 0 Å². The van der Waals surface area contributed by atoms with Gasteiger partial charge in [-0.1, -0.05) is 84.4 Å². The number of carbonyl (C=O) groups excluding carboxylic acids is 2. The predicted octanol–water partition coefficient (Wildman–Crippen LogP) is 6.66. The number of hydrogen-bond acceptors (Lipinski definition) is 4. The summed E-state index contributed by atoms with van der Waals surface area (Å²) in [6.45, 7) is 4.36. The molecule has 4 aromatic rings. The fraction of sp³-hybridized carbons (Fsp3) is 0.133. The maximum absolute atomic E-state index is 13.2. The molecule has 0 heterocycles. The molecule has 4 rings (SSSR count). The minimum absolute atomic E-state index is 0.261. The monoisotopic (exact) mass is 450 g/mol. The van der Waals surface area contributed by atoms with Gasteiger partial charge in [0, 0.05) is 11.1 Å². The lowest BCUT2D eigenvalue weighted by Crippen LogP contribution is -2.20. The quantitative estimate of drug-likeness (QED) is 0.222. The molecule has 0 unspecified atom stereocenters. The summed E-state index contributed by atoms with van der Waals surface area (Å²) >= 11 is 0. The van der Waals surface area contributed by atoms with Crippen molar-refractivity contribution in [2.24, 2.45) is 0 Å². The Morgan fingerprint density at radius 2 is 1.38 bits per heavy atom. The summed E-state index contributed by atoms with van der Waals surface area (Å²) in [5, 5.41) is 0. The van der Waals surface area contributed by atoms with Crippen LogP contribution >= 0.6 is 0 Å². The lowest BCUT2D eigenvalue weighted by molar-refractivity contribution is 0.0280. The van der Waals surface area contributed by atoms with Crippen LogP contribution in [0.5, 0.6) is 5.75 Å². The summed E-state index contributed by atoms with van der Waals surface area (Å²) in [6.07, 6.45) is -1.03. The molecule has 0 aliphatic rings. The highest BCUT2D eigenvalue weighted by atomic mass is 16.5. The molecule has 0 amide bonds. The molecule has 0 saturated heterocycles. The number of rotatable bonds is 8. The first kappa shape index (κ1) is 23.0. The van der Waals surface area contributed by atoms with E-state index in [0.29, 0.717) is 23.3 Å². The van der Waals surface area contributed by atoms with E-state index >= 15 is 0 Å². The molecule has 4 aromatic carbocycles. The molecule has 4 heteroatoms. The van der Waals surface area contributed by atoms with E-state index in [4.69, 9.17) is 9.47 Å². The van der Waals surface area contributed by atoms with Gasteiger partial charge in [0.1, 0.15) is 12.4 Å². The Hall–Kier alpha value is -4.18. The summed E-state index contributed by atoms with van der Waals surface area (Å²) in [5.41, 5.74) is 4.60. The number of aryl methyl sites for hydroxylation is 2. The average molecular weight is 451 g/mol. The third-order valence-electron chi connectivity index (χ3n) is 5.49. The second kappa shape index (κ2) is 10.6. The van der Waals surface area contributed by atoms with Gasteiger partial charge in [-0.25, -0.2) is 4.79 Å². The molecule has 34 heavy (non-hydrogen) atoms. The molecule has 170 valence electrons. The van der Waals surface area contributed by atoms with E-state index in [1.807, 2.05) is 80.6 Å². The molecule has 0 aliphatic heterocycles. The first-order valence-electron chi connectivity index (χ1n) is 11.1. The van der Waals surface area contributed by atoms with Crippen molar-refractivity contribution in [3.8, 4) is 5.75 Å². The van der Waals surface area contributed by atoms with Crippen molar-refractivity contribution in [2.45, 2.75) is 26.6 Å². The van der Waals surface area contributed by atoms with Crippen molar-refractivity contribution in [1.82, 2.24) is 0 Å². The van der Waals surface area contributed by atoms with Crippen LogP contribution in [0.25, 0.3) is 0 Å². The third kappa shape index (κ3) is 5.78. The van der Waals surface area contributed by atoms with E-state index in [1.165, 1.54) is 0 Å². The van der Waals surface area contributed by atoms with Gasteiger partial charge in [-0.2, -0.15) is 0 Å². The van der Waals surface area contributed by atoms with Crippen LogP contribution in [0.2, 0.25) is 0 Å². The van der Waals surface area contributed by atoms with E-state index in [-0.39, 0.29) is 5.78 Å². The number of benzene rings is 4. The normalized spacial score (nSPS) is 11.5. The molecular weight excluding hydrogens is 424 g/mol. The predicted molar refractivity (Wildman–Crippen MR) is 132 cm³/mol. The summed E-state index contributed by atoms with van der Waals surface area (Å²) in [5.74, 6) is -0.0213. The van der Waals surface area contributed by atoms with Gasteiger partial charge in [-0.3, -0.25) is 4.79 Å². The standard InChI is InChI=1S/C30H26O4/c1-21-11-15-24(16-12-21)28(31)29(25-8-4-3-5-9-25)34-30(32)26-17-13-23(14-18-26)20-33-27-10-6-7-22(2)19-27/h3-19,29H,20H2,1-2H3/t29-/m0/s1. The van der Waals surface area contributed by atoms with Crippen molar-refractivity contribution in [3.63, 3.8) is 0 Å². The van der Waals surface area contributed by atoms with Gasteiger partial charge >= 0.3 is 5.97 Å². The van der Waals surface area contributed by atoms with Crippen molar-refractivity contribution in [1.29, 1.82) is 0 Å². The van der Waals surface area contributed by atoms with Crippen LogP contribution in [-0.2, 0) is 11.3 Å². The minimum Gasteiger partial charge on any atom is -0.489 e. The van der Waals surface area contributed by atoms with Gasteiger partial charge in [0.25, 0.3) is 0 Å². The Kier molecular flexibility index (Phi) is 7.19. The Bertz CT molecular complexity index is 1260. The number of ether oxygens (including phenoxy) is 2. The van der Waals surface area contributed by atoms with Crippen LogP contribution in [-0.4, -0.2) is 11.8 Å². The molecule has 0 saturated carbocycles. The zero-order valence-corrected chi connectivity index (χ0v) is 19.2. The van der Waals surface area contributed by atoms with Gasteiger partial charge in [-0.05, 0) is 49.2 Å². The summed E-state index contributed by atoms with van der Waals surface area (Å²) < 4.78 is 11.6. The third-order valence-corrected chi connectivity index (χ3v) is 5.49. The lowest BCUT2D eigenvalue weighted by atomic mass is 9.99. The molecule has 4 nitrogen and oxygen atoms in total. The van der Waals surface area contributed by atoms with E-state index in [1.54, 1.807) is 36.4 Å². The van der Waals surface area contributed by atoms with Crippen LogP contribution in [0.1, 0.15) is 49.1 Å². The fourth-order valence-electron chi connectivity index (χ4n) is 3.55. The molecule has 0 aliphatic carbocycles. The van der Waals surface area contributed by atoms with E-state index < -0.39 is 12.1 Å². The maximum Gasteiger partial charge on any atom is 0.339 e. The molecule has 0 N–H and O–H groups in total. The number of ketones is 1. The average Bonchev–Trinajstić information content (AvgIpc) is 2.87. The second-order valence-electron chi connectivity index (χ2n) is 8.23. The largest absolute Gasteiger partial charge is 0.489 e. The summed E-state index contributed by atoms with van der Waals surface area (Å²) in [6, 6.07) is 31.2. The Morgan fingerprint density at radius 3 is 2.06 bits per heavy atom. The Morgan fingerprint density at radius 1 is 0.706 bits per heavy atom. The Labute approximate surface area is 199 Å². The first-order valence-corrected chi connectivity index (χ1v) is 11.1. The molecule has 1 atom stereocenters. The summed E-state index contributed by atoms with van der Waals surface area (Å²) in [4.78, 5) is 26.2. The van der Waals surface area contributed by atoms with Crippen LogP contribution < -0.4 is 4.74 Å². The molecule has 0 bridgehead atoms. The second-order valence-corrected chi connectivity index (χ2v) is 8.23. The SMILES string of the molecule is Cc1ccc(C(=O)[C@@H](OC(=O)c2ccc(COc3cccc(C)c3)cc2)c2ccccc2)cc1. The van der Waals surface area contributed by atoms with Crippen molar-refractivity contribution in [3.05, 3.63) is 137 Å². The van der Waals surface area contributed by atoms with Crippen molar-refractivity contribution >= 4 is 11.8 Å². The van der Waals surface area contributed by atoms with Gasteiger partial charge in [0.05, 0.1) is 5.56 Å². The number of esters is 1. The minimum atomic E-state index is -1.03. The zero-order valence-electron chi connectivity index (χ0n) is 19.2. The highest BCUT2D eigenvalue weighted by molar-refractivity contribution is 6.02.